The predicted molar refractivity (Wildman–Crippen MR) is 72.1 cm³/mol. The zero-order valence-electron chi connectivity index (χ0n) is 11.1. The summed E-state index contributed by atoms with van der Waals surface area (Å²) in [5.41, 5.74) is 6.96. The molecule has 0 atom stereocenters. The van der Waals surface area contributed by atoms with Crippen LogP contribution >= 0.6 is 0 Å². The van der Waals surface area contributed by atoms with E-state index in [9.17, 15) is 4.79 Å². The first kappa shape index (κ1) is 14.0. The molecule has 0 aliphatic rings. The monoisotopic (exact) mass is 249 g/mol. The summed E-state index contributed by atoms with van der Waals surface area (Å²) in [5, 5.41) is 9.99. The Hall–Kier alpha value is -2.04. The van der Waals surface area contributed by atoms with Crippen molar-refractivity contribution in [3.05, 3.63) is 29.3 Å². The number of anilines is 1. The van der Waals surface area contributed by atoms with Gasteiger partial charge in [-0.3, -0.25) is 10.7 Å². The fraction of sp³-hybridized carbons (Fsp3) is 0.385. The van der Waals surface area contributed by atoms with Gasteiger partial charge in [-0.05, 0) is 51.5 Å². The van der Waals surface area contributed by atoms with E-state index in [1.807, 2.05) is 6.92 Å². The maximum Gasteiger partial charge on any atom is 0.412 e. The number of nitrogen functional groups attached to an aromatic ring is 1. The van der Waals surface area contributed by atoms with Crippen LogP contribution in [0.2, 0.25) is 0 Å². The first-order valence-electron chi connectivity index (χ1n) is 5.64. The average Bonchev–Trinajstić information content (AvgIpc) is 2.17. The number of amides is 1. The molecule has 5 heteroatoms. The van der Waals surface area contributed by atoms with Crippen LogP contribution in [-0.2, 0) is 4.74 Å². The van der Waals surface area contributed by atoms with Crippen molar-refractivity contribution in [2.75, 3.05) is 5.32 Å². The van der Waals surface area contributed by atoms with Gasteiger partial charge in [0.1, 0.15) is 11.4 Å². The number of ether oxygens (including phenoxy) is 1. The van der Waals surface area contributed by atoms with Crippen LogP contribution in [0.1, 0.15) is 31.9 Å². The third-order valence-corrected chi connectivity index (χ3v) is 2.17. The second-order valence-corrected chi connectivity index (χ2v) is 5.07. The minimum absolute atomic E-state index is 0.00178. The zero-order valence-corrected chi connectivity index (χ0v) is 11.1. The summed E-state index contributed by atoms with van der Waals surface area (Å²) in [5.74, 6) is 0.00178. The van der Waals surface area contributed by atoms with E-state index in [1.165, 1.54) is 0 Å². The Morgan fingerprint density at radius 2 is 2.00 bits per heavy atom. The van der Waals surface area contributed by atoms with Gasteiger partial charge in [-0.2, -0.15) is 0 Å². The number of benzene rings is 1. The molecule has 0 saturated carbocycles. The van der Waals surface area contributed by atoms with Crippen LogP contribution in [0.3, 0.4) is 0 Å². The third-order valence-electron chi connectivity index (χ3n) is 2.17. The van der Waals surface area contributed by atoms with Crippen LogP contribution < -0.4 is 11.1 Å². The van der Waals surface area contributed by atoms with Crippen molar-refractivity contribution in [2.24, 2.45) is 5.73 Å². The lowest BCUT2D eigenvalue weighted by Crippen LogP contribution is -2.27. The van der Waals surface area contributed by atoms with Gasteiger partial charge in [0.05, 0.1) is 0 Å². The first-order chi connectivity index (χ1) is 8.19. The standard InChI is InChI=1S/C13H19N3O2/c1-8-7-9(11(14)15)5-6-10(8)16-12(17)18-13(2,3)4/h5-7H,1-4H3,(H3,14,15)(H,16,17). The number of hydrogen-bond acceptors (Lipinski definition) is 3. The molecule has 0 spiro atoms. The van der Waals surface area contributed by atoms with Crippen LogP contribution in [0.25, 0.3) is 0 Å². The highest BCUT2D eigenvalue weighted by atomic mass is 16.6. The number of nitrogens with one attached hydrogen (secondary N) is 2. The smallest absolute Gasteiger partial charge is 0.412 e. The van der Waals surface area contributed by atoms with Crippen molar-refractivity contribution >= 4 is 17.6 Å². The number of amidine groups is 1. The van der Waals surface area contributed by atoms with Crippen LogP contribution in [0.4, 0.5) is 10.5 Å². The summed E-state index contributed by atoms with van der Waals surface area (Å²) < 4.78 is 5.16. The second kappa shape index (κ2) is 5.08. The van der Waals surface area contributed by atoms with Crippen molar-refractivity contribution in [1.82, 2.24) is 0 Å². The van der Waals surface area contributed by atoms with Gasteiger partial charge in [-0.25, -0.2) is 4.79 Å². The summed E-state index contributed by atoms with van der Waals surface area (Å²) in [6.07, 6.45) is -0.499. The molecule has 0 bridgehead atoms. The number of rotatable bonds is 2. The van der Waals surface area contributed by atoms with Crippen LogP contribution in [-0.4, -0.2) is 17.5 Å². The summed E-state index contributed by atoms with van der Waals surface area (Å²) in [7, 11) is 0. The molecule has 0 unspecified atom stereocenters. The van der Waals surface area contributed by atoms with Crippen molar-refractivity contribution < 1.29 is 9.53 Å². The van der Waals surface area contributed by atoms with E-state index < -0.39 is 11.7 Å². The zero-order chi connectivity index (χ0) is 13.9. The third kappa shape index (κ3) is 4.08. The molecule has 1 rings (SSSR count). The predicted octanol–water partition coefficient (Wildman–Crippen LogP) is 2.63. The normalized spacial score (nSPS) is 10.9. The Kier molecular flexibility index (Phi) is 3.96. The topological polar surface area (TPSA) is 88.2 Å². The molecular weight excluding hydrogens is 230 g/mol. The van der Waals surface area contributed by atoms with Crippen molar-refractivity contribution in [1.29, 1.82) is 5.41 Å². The van der Waals surface area contributed by atoms with E-state index in [0.717, 1.165) is 5.56 Å². The molecule has 1 aromatic carbocycles. The molecule has 1 aromatic rings. The van der Waals surface area contributed by atoms with Crippen LogP contribution in [0.15, 0.2) is 18.2 Å². The Labute approximate surface area is 107 Å². The maximum absolute atomic E-state index is 11.6. The van der Waals surface area contributed by atoms with Gasteiger partial charge in [-0.15, -0.1) is 0 Å². The van der Waals surface area contributed by atoms with Crippen molar-refractivity contribution in [3.8, 4) is 0 Å². The summed E-state index contributed by atoms with van der Waals surface area (Å²) in [4.78, 5) is 11.6. The van der Waals surface area contributed by atoms with E-state index >= 15 is 0 Å². The number of nitrogens with two attached hydrogens (primary N) is 1. The van der Waals surface area contributed by atoms with Gasteiger partial charge >= 0.3 is 6.09 Å². The number of hydrogen-bond donors (Lipinski definition) is 3. The van der Waals surface area contributed by atoms with Crippen LogP contribution in [0, 0.1) is 12.3 Å². The van der Waals surface area contributed by atoms with E-state index in [1.54, 1.807) is 39.0 Å². The van der Waals surface area contributed by atoms with Gasteiger partial charge in [0.15, 0.2) is 0 Å². The van der Waals surface area contributed by atoms with Crippen molar-refractivity contribution in [2.45, 2.75) is 33.3 Å². The van der Waals surface area contributed by atoms with E-state index in [4.69, 9.17) is 15.9 Å². The number of carbonyl (C=O) groups excluding carboxylic acids is 1. The molecule has 0 heterocycles. The van der Waals surface area contributed by atoms with Gasteiger partial charge in [0.25, 0.3) is 0 Å². The average molecular weight is 249 g/mol. The number of aryl methyl sites for hydroxylation is 1. The molecule has 0 fully saturated rings. The van der Waals surface area contributed by atoms with E-state index in [0.29, 0.717) is 11.3 Å². The lowest BCUT2D eigenvalue weighted by molar-refractivity contribution is 0.0636. The van der Waals surface area contributed by atoms with E-state index in [-0.39, 0.29) is 5.84 Å². The fourth-order valence-electron chi connectivity index (χ4n) is 1.39. The van der Waals surface area contributed by atoms with Crippen LogP contribution in [0.5, 0.6) is 0 Å². The Bertz CT molecular complexity index is 476. The lowest BCUT2D eigenvalue weighted by atomic mass is 10.1. The molecule has 0 aliphatic heterocycles. The summed E-state index contributed by atoms with van der Waals surface area (Å²) in [6.45, 7) is 7.24. The summed E-state index contributed by atoms with van der Waals surface area (Å²) in [6, 6.07) is 5.13. The molecule has 5 nitrogen and oxygen atoms in total. The van der Waals surface area contributed by atoms with Gasteiger partial charge < -0.3 is 10.5 Å². The highest BCUT2D eigenvalue weighted by Gasteiger charge is 2.16. The molecule has 4 N–H and O–H groups in total. The molecule has 98 valence electrons. The Morgan fingerprint density at radius 1 is 1.39 bits per heavy atom. The maximum atomic E-state index is 11.6. The molecule has 0 aliphatic carbocycles. The molecule has 0 radical (unpaired) electrons. The fourth-order valence-corrected chi connectivity index (χ4v) is 1.39. The Morgan fingerprint density at radius 3 is 2.44 bits per heavy atom. The first-order valence-corrected chi connectivity index (χ1v) is 5.64. The minimum atomic E-state index is -0.530. The quantitative estimate of drug-likeness (QED) is 0.556. The second-order valence-electron chi connectivity index (χ2n) is 5.07. The molecular formula is C13H19N3O2. The highest BCUT2D eigenvalue weighted by Crippen LogP contribution is 2.17. The molecule has 0 aromatic heterocycles. The molecule has 1 amide bonds. The van der Waals surface area contributed by atoms with Gasteiger partial charge in [0, 0.05) is 11.3 Å². The summed E-state index contributed by atoms with van der Waals surface area (Å²) >= 11 is 0. The van der Waals surface area contributed by atoms with E-state index in [2.05, 4.69) is 5.32 Å². The van der Waals surface area contributed by atoms with Gasteiger partial charge in [0.2, 0.25) is 0 Å². The SMILES string of the molecule is Cc1cc(C(=N)N)ccc1NC(=O)OC(C)(C)C. The minimum Gasteiger partial charge on any atom is -0.444 e. The molecule has 0 saturated heterocycles. The highest BCUT2D eigenvalue weighted by molar-refractivity contribution is 5.96. The largest absolute Gasteiger partial charge is 0.444 e. The van der Waals surface area contributed by atoms with Crippen molar-refractivity contribution in [3.63, 3.8) is 0 Å². The lowest BCUT2D eigenvalue weighted by Gasteiger charge is -2.20. The number of carbonyl (C=O) groups is 1. The molecule has 18 heavy (non-hydrogen) atoms. The Balaban J connectivity index is 2.80. The van der Waals surface area contributed by atoms with Gasteiger partial charge in [-0.1, -0.05) is 0 Å².